The quantitative estimate of drug-likeness (QED) is 0.440. The maximum Gasteiger partial charge on any atom is 0.338 e. The summed E-state index contributed by atoms with van der Waals surface area (Å²) in [5.41, 5.74) is 6.05. The lowest BCUT2D eigenvalue weighted by Crippen LogP contribution is -2.22. The van der Waals surface area contributed by atoms with E-state index in [-0.39, 0.29) is 11.9 Å². The van der Waals surface area contributed by atoms with Gasteiger partial charge in [-0.1, -0.05) is 18.2 Å². The normalized spacial score (nSPS) is 10.8. The van der Waals surface area contributed by atoms with E-state index in [0.29, 0.717) is 29.9 Å². The van der Waals surface area contributed by atoms with Crippen LogP contribution in [0, 0.1) is 6.92 Å². The number of nitrogens with zero attached hydrogens (tertiary/aromatic N) is 2. The number of H-pyrrole nitrogens is 1. The first kappa shape index (κ1) is 21.2. The number of aromatic amines is 1. The molecule has 7 nitrogen and oxygen atoms in total. The fourth-order valence-electron chi connectivity index (χ4n) is 3.56. The van der Waals surface area contributed by atoms with E-state index in [0.717, 1.165) is 33.5 Å². The molecule has 4 rings (SSSR count). The molecule has 2 heterocycles. The number of aryl methyl sites for hydroxylation is 1. The van der Waals surface area contributed by atoms with Crippen molar-refractivity contribution in [2.45, 2.75) is 20.8 Å². The minimum absolute atomic E-state index is 0.108. The zero-order valence-electron chi connectivity index (χ0n) is 18.2. The van der Waals surface area contributed by atoms with Crippen LogP contribution in [0.5, 0.6) is 0 Å². The summed E-state index contributed by atoms with van der Waals surface area (Å²) in [6.07, 6.45) is 0. The number of esters is 1. The van der Waals surface area contributed by atoms with E-state index in [1.165, 1.54) is 0 Å². The number of pyridine rings is 1. The number of benzene rings is 2. The molecule has 1 amide bonds. The average molecular weight is 428 g/mol. The van der Waals surface area contributed by atoms with Crippen LogP contribution in [0.15, 0.2) is 54.6 Å². The van der Waals surface area contributed by atoms with Gasteiger partial charge < -0.3 is 10.1 Å². The van der Waals surface area contributed by atoms with Crippen molar-refractivity contribution in [3.63, 3.8) is 0 Å². The Morgan fingerprint density at radius 3 is 2.47 bits per heavy atom. The molecule has 0 aliphatic heterocycles. The van der Waals surface area contributed by atoms with Gasteiger partial charge in [0.15, 0.2) is 5.65 Å². The predicted molar refractivity (Wildman–Crippen MR) is 123 cm³/mol. The molecule has 0 fully saturated rings. The molecule has 0 radical (unpaired) electrons. The molecule has 0 unspecified atom stereocenters. The van der Waals surface area contributed by atoms with Crippen LogP contribution in [-0.2, 0) is 4.74 Å². The number of aromatic nitrogens is 3. The third kappa shape index (κ3) is 4.09. The maximum atomic E-state index is 12.2. The minimum atomic E-state index is -0.343. The van der Waals surface area contributed by atoms with Crippen molar-refractivity contribution < 1.29 is 14.3 Å². The second-order valence-electron chi connectivity index (χ2n) is 7.35. The molecular weight excluding hydrogens is 404 g/mol. The van der Waals surface area contributed by atoms with Crippen LogP contribution in [0.3, 0.4) is 0 Å². The Hall–Kier alpha value is -4.00. The third-order valence-corrected chi connectivity index (χ3v) is 5.22. The van der Waals surface area contributed by atoms with Crippen molar-refractivity contribution in [2.24, 2.45) is 0 Å². The van der Waals surface area contributed by atoms with Crippen molar-refractivity contribution in [3.05, 3.63) is 71.3 Å². The first-order valence-corrected chi connectivity index (χ1v) is 10.5. The van der Waals surface area contributed by atoms with Crippen LogP contribution in [-0.4, -0.2) is 40.2 Å². The number of nitrogens with one attached hydrogen (secondary N) is 2. The van der Waals surface area contributed by atoms with Gasteiger partial charge in [-0.15, -0.1) is 0 Å². The lowest BCUT2D eigenvalue weighted by atomic mass is 10.0. The van der Waals surface area contributed by atoms with Gasteiger partial charge in [0.25, 0.3) is 5.91 Å². The second-order valence-corrected chi connectivity index (χ2v) is 7.35. The van der Waals surface area contributed by atoms with Gasteiger partial charge in [0.2, 0.25) is 0 Å². The van der Waals surface area contributed by atoms with E-state index in [9.17, 15) is 9.59 Å². The van der Waals surface area contributed by atoms with Crippen molar-refractivity contribution >= 4 is 22.9 Å². The van der Waals surface area contributed by atoms with E-state index in [1.807, 2.05) is 56.3 Å². The smallest absolute Gasteiger partial charge is 0.338 e. The van der Waals surface area contributed by atoms with Crippen molar-refractivity contribution in [1.82, 2.24) is 20.5 Å². The summed E-state index contributed by atoms with van der Waals surface area (Å²) in [6.45, 7) is 6.57. The van der Waals surface area contributed by atoms with E-state index in [2.05, 4.69) is 15.5 Å². The Morgan fingerprint density at radius 2 is 1.75 bits per heavy atom. The number of hydrogen-bond donors (Lipinski definition) is 2. The topological polar surface area (TPSA) is 97.0 Å². The van der Waals surface area contributed by atoms with E-state index >= 15 is 0 Å². The Kier molecular flexibility index (Phi) is 5.98. The Balaban J connectivity index is 1.67. The molecule has 0 saturated carbocycles. The SMILES string of the molecule is CCNC(=O)c1ccc(C)c(-c2ccc3c(-c4ccc(C(=O)OCC)cc4)[nH]nc3n2)c1. The number of carbonyl (C=O) groups excluding carboxylic acids is 2. The molecule has 0 saturated heterocycles. The largest absolute Gasteiger partial charge is 0.462 e. The van der Waals surface area contributed by atoms with Crippen molar-refractivity contribution in [1.29, 1.82) is 0 Å². The van der Waals surface area contributed by atoms with Gasteiger partial charge in [0, 0.05) is 28.6 Å². The number of hydrogen-bond acceptors (Lipinski definition) is 5. The van der Waals surface area contributed by atoms with Gasteiger partial charge in [-0.05, 0) is 62.7 Å². The Morgan fingerprint density at radius 1 is 1.00 bits per heavy atom. The molecule has 2 aromatic carbocycles. The van der Waals surface area contributed by atoms with E-state index in [4.69, 9.17) is 9.72 Å². The minimum Gasteiger partial charge on any atom is -0.462 e. The molecule has 0 bridgehead atoms. The van der Waals surface area contributed by atoms with Gasteiger partial charge in [-0.2, -0.15) is 5.10 Å². The van der Waals surface area contributed by atoms with Crippen LogP contribution in [0.2, 0.25) is 0 Å². The lowest BCUT2D eigenvalue weighted by Gasteiger charge is -2.09. The highest BCUT2D eigenvalue weighted by Gasteiger charge is 2.14. The molecule has 2 aromatic heterocycles. The van der Waals surface area contributed by atoms with Crippen LogP contribution in [0.4, 0.5) is 0 Å². The summed E-state index contributed by atoms with van der Waals surface area (Å²) in [5.74, 6) is -0.451. The summed E-state index contributed by atoms with van der Waals surface area (Å²) in [5, 5.41) is 11.1. The first-order chi connectivity index (χ1) is 15.5. The van der Waals surface area contributed by atoms with Crippen molar-refractivity contribution in [3.8, 4) is 22.5 Å². The van der Waals surface area contributed by atoms with Gasteiger partial charge in [0.1, 0.15) is 0 Å². The molecular formula is C25H24N4O3. The van der Waals surface area contributed by atoms with Crippen LogP contribution in [0.25, 0.3) is 33.5 Å². The van der Waals surface area contributed by atoms with E-state index in [1.54, 1.807) is 19.1 Å². The molecule has 32 heavy (non-hydrogen) atoms. The summed E-state index contributed by atoms with van der Waals surface area (Å²) < 4.78 is 5.04. The predicted octanol–water partition coefficient (Wildman–Crippen LogP) is 4.53. The van der Waals surface area contributed by atoms with E-state index < -0.39 is 0 Å². The summed E-state index contributed by atoms with van der Waals surface area (Å²) in [6, 6.07) is 16.7. The van der Waals surface area contributed by atoms with Crippen molar-refractivity contribution in [2.75, 3.05) is 13.2 Å². The number of ether oxygens (including phenoxy) is 1. The first-order valence-electron chi connectivity index (χ1n) is 10.5. The molecule has 7 heteroatoms. The molecule has 0 spiro atoms. The fourth-order valence-corrected chi connectivity index (χ4v) is 3.56. The second kappa shape index (κ2) is 9.01. The molecule has 0 atom stereocenters. The molecule has 2 N–H and O–H groups in total. The monoisotopic (exact) mass is 428 g/mol. The molecule has 0 aliphatic carbocycles. The molecule has 162 valence electrons. The fraction of sp³-hybridized carbons (Fsp3) is 0.200. The third-order valence-electron chi connectivity index (χ3n) is 5.22. The number of fused-ring (bicyclic) bond motifs is 1. The highest BCUT2D eigenvalue weighted by atomic mass is 16.5. The molecule has 0 aliphatic rings. The lowest BCUT2D eigenvalue weighted by molar-refractivity contribution is 0.0526. The van der Waals surface area contributed by atoms with Crippen LogP contribution in [0.1, 0.15) is 40.1 Å². The number of carbonyl (C=O) groups is 2. The summed E-state index contributed by atoms with van der Waals surface area (Å²) in [4.78, 5) is 28.8. The summed E-state index contributed by atoms with van der Waals surface area (Å²) in [7, 11) is 0. The zero-order valence-corrected chi connectivity index (χ0v) is 18.2. The van der Waals surface area contributed by atoms with Gasteiger partial charge in [-0.25, -0.2) is 9.78 Å². The zero-order chi connectivity index (χ0) is 22.7. The van der Waals surface area contributed by atoms with Crippen LogP contribution >= 0.6 is 0 Å². The highest BCUT2D eigenvalue weighted by Crippen LogP contribution is 2.29. The summed E-state index contributed by atoms with van der Waals surface area (Å²) >= 11 is 0. The Labute approximate surface area is 185 Å². The van der Waals surface area contributed by atoms with Crippen LogP contribution < -0.4 is 5.32 Å². The van der Waals surface area contributed by atoms with Gasteiger partial charge in [-0.3, -0.25) is 9.89 Å². The number of amides is 1. The Bertz CT molecular complexity index is 1290. The highest BCUT2D eigenvalue weighted by molar-refractivity contribution is 5.96. The number of rotatable bonds is 6. The standard InChI is InChI=1S/C25H24N4O3/c1-4-26-24(30)18-7-6-15(3)20(14-18)21-13-12-19-22(28-29-23(19)27-21)16-8-10-17(11-9-16)25(31)32-5-2/h6-14H,4-5H2,1-3H3,(H,26,30)(H,27,28,29). The van der Waals surface area contributed by atoms with Gasteiger partial charge in [0.05, 0.1) is 23.6 Å². The average Bonchev–Trinajstić information content (AvgIpc) is 3.23. The maximum absolute atomic E-state index is 12.2. The van der Waals surface area contributed by atoms with Gasteiger partial charge >= 0.3 is 5.97 Å². The molecule has 4 aromatic rings.